The van der Waals surface area contributed by atoms with E-state index in [-0.39, 0.29) is 33.6 Å². The van der Waals surface area contributed by atoms with Gasteiger partial charge in [-0.25, -0.2) is 18.2 Å². The number of piperazine rings is 1. The maximum absolute atomic E-state index is 12.5. The second-order valence-electron chi connectivity index (χ2n) is 7.92. The number of hydrogen-bond donors (Lipinski definition) is 3. The number of carbonyl (C=O) groups is 2. The van der Waals surface area contributed by atoms with E-state index in [0.717, 1.165) is 0 Å². The van der Waals surface area contributed by atoms with Crippen LogP contribution in [0.2, 0.25) is 0 Å². The number of nitrogens with zero attached hydrogens (tertiary/aromatic N) is 4. The number of benzene rings is 2. The van der Waals surface area contributed by atoms with Crippen molar-refractivity contribution in [1.29, 1.82) is 0 Å². The van der Waals surface area contributed by atoms with Gasteiger partial charge in [-0.05, 0) is 54.6 Å². The first-order valence-corrected chi connectivity index (χ1v) is 12.7. The lowest BCUT2D eigenvalue weighted by Gasteiger charge is -2.27. The van der Waals surface area contributed by atoms with Gasteiger partial charge < -0.3 is 20.1 Å². The van der Waals surface area contributed by atoms with Gasteiger partial charge in [0.15, 0.2) is 6.61 Å². The third-order valence-electron chi connectivity index (χ3n) is 5.33. The molecule has 1 amide bonds. The lowest BCUT2D eigenvalue weighted by Crippen LogP contribution is -2.47. The molecule has 1 fully saturated rings. The molecular weight excluding hydrogens is 500 g/mol. The summed E-state index contributed by atoms with van der Waals surface area (Å²) in [5, 5.41) is 21.3. The van der Waals surface area contributed by atoms with Crippen LogP contribution in [0.5, 0.6) is 5.75 Å². The first-order valence-electron chi connectivity index (χ1n) is 11.3. The molecule has 3 aromatic rings. The molecule has 0 unspecified atom stereocenters. The van der Waals surface area contributed by atoms with Crippen molar-refractivity contribution in [2.75, 3.05) is 37.5 Å². The van der Waals surface area contributed by atoms with Gasteiger partial charge in [-0.3, -0.25) is 9.52 Å². The fraction of sp³-hybridized carbons (Fsp3) is 0.208. The Morgan fingerprint density at radius 1 is 1.03 bits per heavy atom. The highest BCUT2D eigenvalue weighted by molar-refractivity contribution is 7.92. The van der Waals surface area contributed by atoms with Gasteiger partial charge in [0.25, 0.3) is 15.9 Å². The number of azo groups is 1. The highest BCUT2D eigenvalue weighted by Gasteiger charge is 2.20. The number of pyridine rings is 1. The third-order valence-corrected chi connectivity index (χ3v) is 6.70. The summed E-state index contributed by atoms with van der Waals surface area (Å²) in [6, 6.07) is 14.5. The Labute approximate surface area is 213 Å². The number of sulfonamides is 1. The van der Waals surface area contributed by atoms with Crippen LogP contribution in [0.4, 0.5) is 17.2 Å². The minimum atomic E-state index is -3.83. The number of anilines is 1. The molecule has 13 heteroatoms. The average molecular weight is 525 g/mol. The number of rotatable bonds is 8. The fourth-order valence-corrected chi connectivity index (χ4v) is 4.40. The summed E-state index contributed by atoms with van der Waals surface area (Å²) in [6.45, 7) is 1.98. The van der Waals surface area contributed by atoms with Crippen LogP contribution in [-0.4, -0.2) is 68.1 Å². The number of amides is 1. The van der Waals surface area contributed by atoms with E-state index >= 15 is 0 Å². The van der Waals surface area contributed by atoms with Crippen LogP contribution in [0.25, 0.3) is 0 Å². The Balaban J connectivity index is 1.39. The highest BCUT2D eigenvalue weighted by atomic mass is 32.2. The molecule has 12 nitrogen and oxygen atoms in total. The van der Waals surface area contributed by atoms with E-state index < -0.39 is 22.6 Å². The summed E-state index contributed by atoms with van der Waals surface area (Å²) in [6.07, 6.45) is 1.48. The summed E-state index contributed by atoms with van der Waals surface area (Å²) < 4.78 is 32.5. The Morgan fingerprint density at radius 3 is 2.43 bits per heavy atom. The number of carbonyl (C=O) groups excluding carboxylic acids is 2. The van der Waals surface area contributed by atoms with Crippen molar-refractivity contribution in [2.24, 2.45) is 10.2 Å². The second-order valence-corrected chi connectivity index (χ2v) is 9.61. The molecule has 1 aliphatic heterocycles. The fourth-order valence-electron chi connectivity index (χ4n) is 3.39. The van der Waals surface area contributed by atoms with Crippen molar-refractivity contribution in [3.8, 4) is 5.75 Å². The summed E-state index contributed by atoms with van der Waals surface area (Å²) in [5.41, 5.74) is 0.439. The van der Waals surface area contributed by atoms with Crippen LogP contribution in [0.3, 0.4) is 0 Å². The highest BCUT2D eigenvalue weighted by Crippen LogP contribution is 2.26. The van der Waals surface area contributed by atoms with E-state index in [0.29, 0.717) is 31.9 Å². The van der Waals surface area contributed by atoms with Crippen molar-refractivity contribution in [3.05, 3.63) is 72.4 Å². The zero-order valence-electron chi connectivity index (χ0n) is 19.6. The Bertz CT molecular complexity index is 1390. The lowest BCUT2D eigenvalue weighted by molar-refractivity contribution is -0.135. The smallest absolute Gasteiger partial charge is 0.342 e. The van der Waals surface area contributed by atoms with Crippen LogP contribution in [0.1, 0.15) is 10.4 Å². The number of aromatic nitrogens is 1. The van der Waals surface area contributed by atoms with Gasteiger partial charge in [0.05, 0.1) is 16.3 Å². The first kappa shape index (κ1) is 25.7. The van der Waals surface area contributed by atoms with Crippen LogP contribution in [-0.2, 0) is 19.6 Å². The van der Waals surface area contributed by atoms with Gasteiger partial charge >= 0.3 is 5.97 Å². The largest absolute Gasteiger partial charge is 0.507 e. The topological polar surface area (TPSA) is 163 Å². The standard InChI is InChI=1S/C24H24N6O6S/c31-21-9-6-18(15-20(21)24(33)36-16-23(32)30-13-11-25-12-14-30)28-27-17-4-7-19(8-5-17)37(34,35)29-22-3-1-2-10-26-22/h1-10,15,25,31H,11-14,16H2,(H,26,29). The zero-order valence-corrected chi connectivity index (χ0v) is 20.4. The second kappa shape index (κ2) is 11.6. The molecule has 2 heterocycles. The van der Waals surface area contributed by atoms with Gasteiger partial charge in [0.1, 0.15) is 17.1 Å². The van der Waals surface area contributed by atoms with Crippen molar-refractivity contribution in [3.63, 3.8) is 0 Å². The predicted molar refractivity (Wildman–Crippen MR) is 134 cm³/mol. The molecule has 0 aliphatic carbocycles. The SMILES string of the molecule is O=C(OCC(=O)N1CCNCC1)c1cc(N=Nc2ccc(S(=O)(=O)Nc3ccccn3)cc2)ccc1O. The number of esters is 1. The number of phenols is 1. The van der Waals surface area contributed by atoms with Crippen molar-refractivity contribution < 1.29 is 27.9 Å². The summed E-state index contributed by atoms with van der Waals surface area (Å²) >= 11 is 0. The number of hydrogen-bond acceptors (Lipinski definition) is 10. The molecule has 37 heavy (non-hydrogen) atoms. The molecule has 0 radical (unpaired) electrons. The third kappa shape index (κ3) is 6.86. The minimum Gasteiger partial charge on any atom is -0.507 e. The molecule has 3 N–H and O–H groups in total. The van der Waals surface area contributed by atoms with Crippen molar-refractivity contribution >= 4 is 39.1 Å². The predicted octanol–water partition coefficient (Wildman–Crippen LogP) is 2.59. The molecule has 0 saturated carbocycles. The minimum absolute atomic E-state index is 0.0159. The molecule has 1 aromatic heterocycles. The van der Waals surface area contributed by atoms with Crippen molar-refractivity contribution in [2.45, 2.75) is 4.90 Å². The van der Waals surface area contributed by atoms with Crippen LogP contribution >= 0.6 is 0 Å². The normalized spacial score (nSPS) is 13.9. The number of ether oxygens (including phenoxy) is 1. The van der Waals surface area contributed by atoms with Crippen LogP contribution in [0.15, 0.2) is 82.0 Å². The van der Waals surface area contributed by atoms with E-state index in [1.54, 1.807) is 17.0 Å². The van der Waals surface area contributed by atoms with E-state index in [9.17, 15) is 23.1 Å². The van der Waals surface area contributed by atoms with Gasteiger partial charge in [-0.2, -0.15) is 10.2 Å². The molecule has 0 atom stereocenters. The molecule has 0 bridgehead atoms. The number of phenolic OH excluding ortho intramolecular Hbond substituents is 1. The van der Waals surface area contributed by atoms with Crippen LogP contribution < -0.4 is 10.0 Å². The molecule has 1 aliphatic rings. The Morgan fingerprint density at radius 2 is 1.73 bits per heavy atom. The first-order chi connectivity index (χ1) is 17.8. The monoisotopic (exact) mass is 524 g/mol. The van der Waals surface area contributed by atoms with Gasteiger partial charge in [-0.15, -0.1) is 0 Å². The molecule has 1 saturated heterocycles. The number of aromatic hydroxyl groups is 1. The molecular formula is C24H24N6O6S. The maximum Gasteiger partial charge on any atom is 0.342 e. The zero-order chi connectivity index (χ0) is 26.3. The molecule has 4 rings (SSSR count). The Hall–Kier alpha value is -4.36. The van der Waals surface area contributed by atoms with E-state index in [4.69, 9.17) is 4.74 Å². The number of nitrogens with one attached hydrogen (secondary N) is 2. The van der Waals surface area contributed by atoms with Gasteiger partial charge in [0.2, 0.25) is 0 Å². The maximum atomic E-state index is 12.5. The average Bonchev–Trinajstić information content (AvgIpc) is 2.92. The van der Waals surface area contributed by atoms with Crippen LogP contribution in [0, 0.1) is 0 Å². The van der Waals surface area contributed by atoms with E-state index in [1.807, 2.05) is 0 Å². The summed E-state index contributed by atoms with van der Waals surface area (Å²) in [4.78, 5) is 30.2. The summed E-state index contributed by atoms with van der Waals surface area (Å²) in [5.74, 6) is -1.31. The van der Waals surface area contributed by atoms with Gasteiger partial charge in [0, 0.05) is 32.4 Å². The quantitative estimate of drug-likeness (QED) is 0.299. The van der Waals surface area contributed by atoms with Gasteiger partial charge in [-0.1, -0.05) is 6.07 Å². The van der Waals surface area contributed by atoms with Crippen molar-refractivity contribution in [1.82, 2.24) is 15.2 Å². The molecule has 192 valence electrons. The van der Waals surface area contributed by atoms with E-state index in [2.05, 4.69) is 25.3 Å². The Kier molecular flexibility index (Phi) is 8.05. The lowest BCUT2D eigenvalue weighted by atomic mass is 10.2. The van der Waals surface area contributed by atoms with E-state index in [1.165, 1.54) is 54.7 Å². The molecule has 2 aromatic carbocycles. The summed E-state index contributed by atoms with van der Waals surface area (Å²) in [7, 11) is -3.83. The molecule has 0 spiro atoms.